The molecule has 1 aliphatic heterocycles. The van der Waals surface area contributed by atoms with Crippen LogP contribution in [0.5, 0.6) is 0 Å². The highest BCUT2D eigenvalue weighted by atomic mass is 35.5. The Morgan fingerprint density at radius 2 is 2.16 bits per heavy atom. The van der Waals surface area contributed by atoms with Gasteiger partial charge in [0.2, 0.25) is 0 Å². The molecule has 2 aromatic heterocycles. The Hall–Kier alpha value is -1.93. The molecule has 0 aliphatic carbocycles. The maximum atomic E-state index is 6.30. The lowest BCUT2D eigenvalue weighted by Crippen LogP contribution is -2.46. The number of aromatic nitrogens is 4. The fraction of sp³-hybridized carbons (Fsp3) is 0.312. The molecule has 4 rings (SSSR count). The molecule has 130 valence electrons. The van der Waals surface area contributed by atoms with Crippen LogP contribution in [0.15, 0.2) is 30.6 Å². The number of hydrogen-bond donors (Lipinski definition) is 1. The molecule has 0 spiro atoms. The summed E-state index contributed by atoms with van der Waals surface area (Å²) in [6, 6.07) is 5.39. The SMILES string of the molecule is NC[C@@H]1CN(c2cnc3c(cnn3-c3cccc(Cl)c3Cl)n2)CCO1. The van der Waals surface area contributed by atoms with Crippen LogP contribution >= 0.6 is 23.2 Å². The number of hydrogen-bond acceptors (Lipinski definition) is 6. The fourth-order valence-electron chi connectivity index (χ4n) is 2.86. The Balaban J connectivity index is 1.71. The molecule has 0 unspecified atom stereocenters. The zero-order valence-corrected chi connectivity index (χ0v) is 14.8. The second kappa shape index (κ2) is 6.76. The Kier molecular flexibility index (Phi) is 4.47. The van der Waals surface area contributed by atoms with Crippen molar-refractivity contribution in [2.75, 3.05) is 31.1 Å². The average Bonchev–Trinajstić information content (AvgIpc) is 3.07. The summed E-state index contributed by atoms with van der Waals surface area (Å²) >= 11 is 12.4. The van der Waals surface area contributed by atoms with Gasteiger partial charge in [0.25, 0.3) is 0 Å². The van der Waals surface area contributed by atoms with Crippen molar-refractivity contribution in [2.45, 2.75) is 6.10 Å². The van der Waals surface area contributed by atoms with E-state index in [-0.39, 0.29) is 6.10 Å². The molecule has 1 aliphatic rings. The number of ether oxygens (including phenoxy) is 1. The molecule has 0 bridgehead atoms. The highest BCUT2D eigenvalue weighted by molar-refractivity contribution is 6.43. The van der Waals surface area contributed by atoms with E-state index in [1.807, 2.05) is 12.1 Å². The summed E-state index contributed by atoms with van der Waals surface area (Å²) in [7, 11) is 0. The van der Waals surface area contributed by atoms with Crippen LogP contribution in [-0.2, 0) is 4.74 Å². The molecule has 1 saturated heterocycles. The Morgan fingerprint density at radius 3 is 3.00 bits per heavy atom. The van der Waals surface area contributed by atoms with Crippen molar-refractivity contribution in [2.24, 2.45) is 5.73 Å². The van der Waals surface area contributed by atoms with Gasteiger partial charge in [-0.3, -0.25) is 0 Å². The number of fused-ring (bicyclic) bond motifs is 1. The third-order valence-corrected chi connectivity index (χ3v) is 4.96. The molecule has 0 amide bonds. The second-order valence-corrected chi connectivity index (χ2v) is 6.53. The molecule has 9 heteroatoms. The molecule has 1 aromatic carbocycles. The van der Waals surface area contributed by atoms with Crippen molar-refractivity contribution in [3.63, 3.8) is 0 Å². The molecule has 3 aromatic rings. The van der Waals surface area contributed by atoms with E-state index in [0.717, 1.165) is 12.4 Å². The van der Waals surface area contributed by atoms with Crippen LogP contribution < -0.4 is 10.6 Å². The van der Waals surface area contributed by atoms with Crippen molar-refractivity contribution < 1.29 is 4.74 Å². The lowest BCUT2D eigenvalue weighted by molar-refractivity contribution is 0.0463. The molecular weight excluding hydrogens is 363 g/mol. The first-order chi connectivity index (χ1) is 12.2. The van der Waals surface area contributed by atoms with Crippen molar-refractivity contribution in [3.8, 4) is 5.69 Å². The van der Waals surface area contributed by atoms with Crippen LogP contribution in [0.4, 0.5) is 5.82 Å². The van der Waals surface area contributed by atoms with E-state index in [4.69, 9.17) is 33.7 Å². The summed E-state index contributed by atoms with van der Waals surface area (Å²) in [5.41, 5.74) is 7.68. The first-order valence-corrected chi connectivity index (χ1v) is 8.64. The first-order valence-electron chi connectivity index (χ1n) is 7.89. The second-order valence-electron chi connectivity index (χ2n) is 5.74. The molecule has 0 saturated carbocycles. The highest BCUT2D eigenvalue weighted by Gasteiger charge is 2.21. The molecule has 7 nitrogen and oxygen atoms in total. The Labute approximate surface area is 154 Å². The molecule has 1 fully saturated rings. The number of nitrogens with two attached hydrogens (primary N) is 1. The lowest BCUT2D eigenvalue weighted by Gasteiger charge is -2.32. The van der Waals surface area contributed by atoms with Gasteiger partial charge < -0.3 is 15.4 Å². The van der Waals surface area contributed by atoms with Crippen LogP contribution in [0.1, 0.15) is 0 Å². The zero-order chi connectivity index (χ0) is 17.4. The van der Waals surface area contributed by atoms with Crippen molar-refractivity contribution in [1.29, 1.82) is 0 Å². The Morgan fingerprint density at radius 1 is 1.28 bits per heavy atom. The van der Waals surface area contributed by atoms with Crippen molar-refractivity contribution >= 4 is 40.2 Å². The number of morpholine rings is 1. The molecular formula is C16H16Cl2N6O. The van der Waals surface area contributed by atoms with Gasteiger partial charge in [-0.1, -0.05) is 29.3 Å². The van der Waals surface area contributed by atoms with Crippen LogP contribution in [0.3, 0.4) is 0 Å². The standard InChI is InChI=1S/C16H16Cl2N6O/c17-11-2-1-3-13(15(11)18)24-16-12(7-21-24)22-14(8-20-16)23-4-5-25-10(6-19)9-23/h1-3,7-8,10H,4-6,9,19H2/t10-/m1/s1. The van der Waals surface area contributed by atoms with Crippen LogP contribution in [-0.4, -0.2) is 52.1 Å². The lowest BCUT2D eigenvalue weighted by atomic mass is 10.3. The summed E-state index contributed by atoms with van der Waals surface area (Å²) in [6.45, 7) is 2.56. The molecule has 25 heavy (non-hydrogen) atoms. The van der Waals surface area contributed by atoms with E-state index in [0.29, 0.717) is 46.6 Å². The highest BCUT2D eigenvalue weighted by Crippen LogP contribution is 2.29. The van der Waals surface area contributed by atoms with E-state index in [1.165, 1.54) is 0 Å². The minimum atomic E-state index is 0.0132. The van der Waals surface area contributed by atoms with Crippen LogP contribution in [0.25, 0.3) is 16.9 Å². The predicted octanol–water partition coefficient (Wildman–Crippen LogP) is 2.29. The third-order valence-electron chi connectivity index (χ3n) is 4.15. The fourth-order valence-corrected chi connectivity index (χ4v) is 3.23. The quantitative estimate of drug-likeness (QED) is 0.752. The monoisotopic (exact) mass is 378 g/mol. The topological polar surface area (TPSA) is 82.1 Å². The molecule has 3 heterocycles. The van der Waals surface area contributed by atoms with Crippen LogP contribution in [0, 0.1) is 0 Å². The summed E-state index contributed by atoms with van der Waals surface area (Å²) < 4.78 is 7.24. The Bertz CT molecular complexity index is 915. The van der Waals surface area contributed by atoms with E-state index >= 15 is 0 Å². The first kappa shape index (κ1) is 16.5. The van der Waals surface area contributed by atoms with E-state index in [2.05, 4.69) is 20.0 Å². The van der Waals surface area contributed by atoms with Gasteiger partial charge in [0.15, 0.2) is 5.65 Å². The zero-order valence-electron chi connectivity index (χ0n) is 13.3. The average molecular weight is 379 g/mol. The predicted molar refractivity (Wildman–Crippen MR) is 97.7 cm³/mol. The largest absolute Gasteiger partial charge is 0.373 e. The summed E-state index contributed by atoms with van der Waals surface area (Å²) in [4.78, 5) is 11.3. The van der Waals surface area contributed by atoms with E-state index in [9.17, 15) is 0 Å². The minimum Gasteiger partial charge on any atom is -0.373 e. The van der Waals surface area contributed by atoms with Crippen molar-refractivity contribution in [1.82, 2.24) is 19.7 Å². The van der Waals surface area contributed by atoms with Gasteiger partial charge in [0.1, 0.15) is 11.3 Å². The summed E-state index contributed by atoms with van der Waals surface area (Å²) in [6.07, 6.45) is 3.42. The van der Waals surface area contributed by atoms with Crippen LogP contribution in [0.2, 0.25) is 10.0 Å². The van der Waals surface area contributed by atoms with Gasteiger partial charge >= 0.3 is 0 Å². The number of anilines is 1. The minimum absolute atomic E-state index is 0.0132. The van der Waals surface area contributed by atoms with Gasteiger partial charge in [-0.25, -0.2) is 14.6 Å². The molecule has 1 atom stereocenters. The summed E-state index contributed by atoms with van der Waals surface area (Å²) in [5, 5.41) is 5.27. The van der Waals surface area contributed by atoms with Gasteiger partial charge in [0.05, 0.1) is 40.8 Å². The van der Waals surface area contributed by atoms with E-state index < -0.39 is 0 Å². The van der Waals surface area contributed by atoms with E-state index in [1.54, 1.807) is 23.1 Å². The van der Waals surface area contributed by atoms with Gasteiger partial charge in [0, 0.05) is 19.6 Å². The third kappa shape index (κ3) is 3.04. The maximum Gasteiger partial charge on any atom is 0.181 e. The normalized spacial score (nSPS) is 18.0. The summed E-state index contributed by atoms with van der Waals surface area (Å²) in [5.74, 6) is 0.783. The van der Waals surface area contributed by atoms with Gasteiger partial charge in [-0.05, 0) is 12.1 Å². The van der Waals surface area contributed by atoms with Gasteiger partial charge in [-0.2, -0.15) is 5.10 Å². The molecule has 0 radical (unpaired) electrons. The maximum absolute atomic E-state index is 6.30. The number of benzene rings is 1. The number of halogens is 2. The van der Waals surface area contributed by atoms with Gasteiger partial charge in [-0.15, -0.1) is 0 Å². The smallest absolute Gasteiger partial charge is 0.181 e. The number of rotatable bonds is 3. The number of nitrogens with zero attached hydrogens (tertiary/aromatic N) is 5. The molecule has 2 N–H and O–H groups in total. The van der Waals surface area contributed by atoms with Crippen molar-refractivity contribution in [3.05, 3.63) is 40.6 Å².